The van der Waals surface area contributed by atoms with Crippen molar-refractivity contribution in [1.82, 2.24) is 9.97 Å². The third kappa shape index (κ3) is 3.74. The SMILES string of the molecule is CN(CC(=O)Nc1cccc(F)c1)c1ncccn1. The van der Waals surface area contributed by atoms with Gasteiger partial charge in [-0.3, -0.25) is 4.79 Å². The van der Waals surface area contributed by atoms with Gasteiger partial charge in [0.2, 0.25) is 11.9 Å². The fraction of sp³-hybridized carbons (Fsp3) is 0.154. The standard InChI is InChI=1S/C13H13FN4O/c1-18(13-15-6-3-7-16-13)9-12(19)17-11-5-2-4-10(14)8-11/h2-8H,9H2,1H3,(H,17,19). The van der Waals surface area contributed by atoms with Crippen LogP contribution in [0.3, 0.4) is 0 Å². The molecule has 1 N–H and O–H groups in total. The van der Waals surface area contributed by atoms with Crippen molar-refractivity contribution in [2.45, 2.75) is 0 Å². The number of benzene rings is 1. The lowest BCUT2D eigenvalue weighted by molar-refractivity contribution is -0.114. The first-order valence-corrected chi connectivity index (χ1v) is 5.69. The van der Waals surface area contributed by atoms with Gasteiger partial charge in [0.05, 0.1) is 6.54 Å². The molecule has 19 heavy (non-hydrogen) atoms. The number of carbonyl (C=O) groups is 1. The lowest BCUT2D eigenvalue weighted by Crippen LogP contribution is -2.31. The highest BCUT2D eigenvalue weighted by Gasteiger charge is 2.09. The highest BCUT2D eigenvalue weighted by molar-refractivity contribution is 5.93. The fourth-order valence-corrected chi connectivity index (χ4v) is 1.54. The largest absolute Gasteiger partial charge is 0.335 e. The number of carbonyl (C=O) groups excluding carboxylic acids is 1. The molecule has 0 aliphatic carbocycles. The lowest BCUT2D eigenvalue weighted by Gasteiger charge is -2.16. The molecule has 0 fully saturated rings. The molecule has 0 unspecified atom stereocenters. The highest BCUT2D eigenvalue weighted by atomic mass is 19.1. The van der Waals surface area contributed by atoms with Crippen LogP contribution in [0.5, 0.6) is 0 Å². The third-order valence-corrected chi connectivity index (χ3v) is 2.38. The zero-order valence-corrected chi connectivity index (χ0v) is 10.4. The summed E-state index contributed by atoms with van der Waals surface area (Å²) in [5.41, 5.74) is 0.424. The van der Waals surface area contributed by atoms with E-state index in [0.717, 1.165) is 0 Å². The summed E-state index contributed by atoms with van der Waals surface area (Å²) in [5.74, 6) is -0.199. The molecule has 0 spiro atoms. The Labute approximate surface area is 110 Å². The summed E-state index contributed by atoms with van der Waals surface area (Å²) >= 11 is 0. The highest BCUT2D eigenvalue weighted by Crippen LogP contribution is 2.09. The van der Waals surface area contributed by atoms with Crippen molar-refractivity contribution in [2.75, 3.05) is 23.8 Å². The number of anilines is 2. The molecule has 98 valence electrons. The Kier molecular flexibility index (Phi) is 4.02. The Morgan fingerprint density at radius 2 is 2.05 bits per heavy atom. The molecule has 2 aromatic rings. The van der Waals surface area contributed by atoms with Crippen molar-refractivity contribution in [3.63, 3.8) is 0 Å². The molecule has 0 aliphatic rings. The minimum atomic E-state index is -0.391. The van der Waals surface area contributed by atoms with E-state index < -0.39 is 5.82 Å². The monoisotopic (exact) mass is 260 g/mol. The van der Waals surface area contributed by atoms with Gasteiger partial charge in [-0.25, -0.2) is 14.4 Å². The molecule has 5 nitrogen and oxygen atoms in total. The van der Waals surface area contributed by atoms with Gasteiger partial charge in [0.25, 0.3) is 0 Å². The maximum absolute atomic E-state index is 13.0. The van der Waals surface area contributed by atoms with Crippen LogP contribution in [0.2, 0.25) is 0 Å². The summed E-state index contributed by atoms with van der Waals surface area (Å²) in [7, 11) is 1.71. The zero-order valence-electron chi connectivity index (χ0n) is 10.4. The lowest BCUT2D eigenvalue weighted by atomic mass is 10.3. The summed E-state index contributed by atoms with van der Waals surface area (Å²) in [6.45, 7) is 0.0839. The van der Waals surface area contributed by atoms with E-state index in [1.54, 1.807) is 36.5 Å². The van der Waals surface area contributed by atoms with Crippen molar-refractivity contribution in [1.29, 1.82) is 0 Å². The summed E-state index contributed by atoms with van der Waals surface area (Å²) in [6, 6.07) is 7.44. The van der Waals surface area contributed by atoms with Gasteiger partial charge in [-0.1, -0.05) is 6.07 Å². The topological polar surface area (TPSA) is 58.1 Å². The molecular weight excluding hydrogens is 247 g/mol. The average Bonchev–Trinajstić information content (AvgIpc) is 2.39. The quantitative estimate of drug-likeness (QED) is 0.908. The Hall–Kier alpha value is -2.50. The molecular formula is C13H13FN4O. The van der Waals surface area contributed by atoms with Crippen molar-refractivity contribution in [2.24, 2.45) is 0 Å². The van der Waals surface area contributed by atoms with Crippen LogP contribution in [-0.2, 0) is 4.79 Å². The molecule has 1 aromatic heterocycles. The average molecular weight is 260 g/mol. The maximum atomic E-state index is 13.0. The van der Waals surface area contributed by atoms with Crippen molar-refractivity contribution in [3.05, 3.63) is 48.5 Å². The Morgan fingerprint density at radius 3 is 2.74 bits per heavy atom. The van der Waals surface area contributed by atoms with Crippen LogP contribution in [0.15, 0.2) is 42.7 Å². The smallest absolute Gasteiger partial charge is 0.243 e. The van der Waals surface area contributed by atoms with Crippen LogP contribution in [0.25, 0.3) is 0 Å². The van der Waals surface area contributed by atoms with E-state index in [0.29, 0.717) is 11.6 Å². The van der Waals surface area contributed by atoms with E-state index in [9.17, 15) is 9.18 Å². The fourth-order valence-electron chi connectivity index (χ4n) is 1.54. The second-order valence-electron chi connectivity index (χ2n) is 3.96. The molecule has 0 bridgehead atoms. The molecule has 0 atom stereocenters. The maximum Gasteiger partial charge on any atom is 0.243 e. The third-order valence-electron chi connectivity index (χ3n) is 2.38. The van der Waals surface area contributed by atoms with E-state index in [4.69, 9.17) is 0 Å². The normalized spacial score (nSPS) is 10.0. The first kappa shape index (κ1) is 12.9. The van der Waals surface area contributed by atoms with Gasteiger partial charge in [-0.05, 0) is 24.3 Å². The Morgan fingerprint density at radius 1 is 1.32 bits per heavy atom. The van der Waals surface area contributed by atoms with Crippen molar-refractivity contribution >= 4 is 17.5 Å². The van der Waals surface area contributed by atoms with E-state index in [2.05, 4.69) is 15.3 Å². The second-order valence-corrected chi connectivity index (χ2v) is 3.96. The summed E-state index contributed by atoms with van der Waals surface area (Å²) < 4.78 is 13.0. The van der Waals surface area contributed by atoms with Gasteiger partial charge in [-0.15, -0.1) is 0 Å². The van der Waals surface area contributed by atoms with Gasteiger partial charge < -0.3 is 10.2 Å². The van der Waals surface area contributed by atoms with Gasteiger partial charge >= 0.3 is 0 Å². The van der Waals surface area contributed by atoms with Crippen LogP contribution in [-0.4, -0.2) is 29.5 Å². The van der Waals surface area contributed by atoms with Crippen molar-refractivity contribution in [3.8, 4) is 0 Å². The predicted octanol–water partition coefficient (Wildman–Crippen LogP) is 1.69. The molecule has 1 heterocycles. The minimum Gasteiger partial charge on any atom is -0.335 e. The van der Waals surface area contributed by atoms with Crippen LogP contribution in [0.4, 0.5) is 16.0 Å². The minimum absolute atomic E-state index is 0.0839. The van der Waals surface area contributed by atoms with E-state index in [1.165, 1.54) is 18.2 Å². The van der Waals surface area contributed by atoms with Gasteiger partial charge in [0.1, 0.15) is 5.82 Å². The number of amides is 1. The van der Waals surface area contributed by atoms with E-state index in [-0.39, 0.29) is 12.5 Å². The van der Waals surface area contributed by atoms with Gasteiger partial charge in [-0.2, -0.15) is 0 Å². The first-order valence-electron chi connectivity index (χ1n) is 5.69. The molecule has 0 saturated heterocycles. The molecule has 0 aliphatic heterocycles. The number of hydrogen-bond donors (Lipinski definition) is 1. The van der Waals surface area contributed by atoms with Crippen LogP contribution in [0, 0.1) is 5.82 Å². The van der Waals surface area contributed by atoms with Crippen LogP contribution < -0.4 is 10.2 Å². The number of hydrogen-bond acceptors (Lipinski definition) is 4. The van der Waals surface area contributed by atoms with E-state index in [1.807, 2.05) is 0 Å². The number of aromatic nitrogens is 2. The second kappa shape index (κ2) is 5.90. The van der Waals surface area contributed by atoms with Crippen LogP contribution >= 0.6 is 0 Å². The van der Waals surface area contributed by atoms with E-state index >= 15 is 0 Å². The zero-order chi connectivity index (χ0) is 13.7. The van der Waals surface area contributed by atoms with Gasteiger partial charge in [0.15, 0.2) is 0 Å². The van der Waals surface area contributed by atoms with Crippen molar-refractivity contribution < 1.29 is 9.18 Å². The Balaban J connectivity index is 1.95. The van der Waals surface area contributed by atoms with Crippen LogP contribution in [0.1, 0.15) is 0 Å². The number of rotatable bonds is 4. The van der Waals surface area contributed by atoms with Gasteiger partial charge in [0, 0.05) is 25.1 Å². The summed E-state index contributed by atoms with van der Waals surface area (Å²) in [4.78, 5) is 21.4. The number of halogens is 1. The Bertz CT molecular complexity index is 562. The first-order chi connectivity index (χ1) is 9.15. The molecule has 1 amide bonds. The number of likely N-dealkylation sites (N-methyl/N-ethyl adjacent to an activating group) is 1. The molecule has 0 radical (unpaired) electrons. The number of nitrogens with one attached hydrogen (secondary N) is 1. The number of nitrogens with zero attached hydrogens (tertiary/aromatic N) is 3. The summed E-state index contributed by atoms with van der Waals surface area (Å²) in [5, 5.41) is 2.61. The molecule has 6 heteroatoms. The molecule has 2 rings (SSSR count). The molecule has 1 aromatic carbocycles. The molecule has 0 saturated carbocycles. The summed E-state index contributed by atoms with van der Waals surface area (Å²) in [6.07, 6.45) is 3.20. The predicted molar refractivity (Wildman–Crippen MR) is 70.3 cm³/mol.